The van der Waals surface area contributed by atoms with Gasteiger partial charge in [0.15, 0.2) is 0 Å². The van der Waals surface area contributed by atoms with Crippen LogP contribution in [0.5, 0.6) is 11.5 Å². The predicted octanol–water partition coefficient (Wildman–Crippen LogP) is 11.0. The van der Waals surface area contributed by atoms with Gasteiger partial charge in [-0.1, -0.05) is 99.1 Å². The molecule has 2 amide bonds. The number of carbonyl (C=O) groups excluding carboxylic acids is 2. The summed E-state index contributed by atoms with van der Waals surface area (Å²) in [4.78, 5) is 29.5. The minimum absolute atomic E-state index is 0.00885. The van der Waals surface area contributed by atoms with E-state index in [0.29, 0.717) is 38.3 Å². The Bertz CT molecular complexity index is 2050. The number of benzene rings is 4. The number of unbranched alkanes of at least 4 members (excludes halogenated alkanes) is 2. The maximum absolute atomic E-state index is 14.4. The number of nitrogens with one attached hydrogen (secondary N) is 1. The van der Waals surface area contributed by atoms with Gasteiger partial charge in [0.2, 0.25) is 11.8 Å². The number of hydrogen-bond donors (Lipinski definition) is 1. The van der Waals surface area contributed by atoms with Gasteiger partial charge in [-0.3, -0.25) is 9.59 Å². The molecule has 1 unspecified atom stereocenters. The largest absolute Gasteiger partial charge is 0.497 e. The summed E-state index contributed by atoms with van der Waals surface area (Å²) in [6, 6.07) is 36.6. The summed E-state index contributed by atoms with van der Waals surface area (Å²) in [5, 5.41) is 12.5. The molecule has 1 N–H and O–H groups in total. The Morgan fingerprint density at radius 3 is 1.94 bits per heavy atom. The van der Waals surface area contributed by atoms with E-state index in [1.165, 1.54) is 5.56 Å². The standard InChI is InChI=1S/C54H73N4O7P/c1-39(2)35-43-20-22-44(23-21-43)42(7)53(60)56-33-15-11-14-19-52(59)57-37-51(65-66(64-34-16-32-55)58(40(3)4)41(5)6)36-48(57)38-63-54(45-17-12-10-13-18-45,46-24-28-49(61-8)29-25-46)47-26-30-50(62-9)31-27-47/h10,12-13,17-18,20-31,39-42,48,51H,11,14-16,19,33-38H2,1-9H3,(H,56,60)/t42-,48-,51+,66?/m0/s1. The number of nitrogens with zero attached hydrogens (tertiary/aromatic N) is 3. The second kappa shape index (κ2) is 25.9. The fraction of sp³-hybridized carbons (Fsp3) is 0.500. The molecule has 1 fully saturated rings. The lowest BCUT2D eigenvalue weighted by Gasteiger charge is -2.38. The molecule has 66 heavy (non-hydrogen) atoms. The number of rotatable bonds is 26. The zero-order chi connectivity index (χ0) is 47.6. The smallest absolute Gasteiger partial charge is 0.259 e. The molecule has 0 saturated carbocycles. The molecule has 4 aromatic rings. The van der Waals surface area contributed by atoms with E-state index in [9.17, 15) is 14.9 Å². The molecule has 0 aliphatic carbocycles. The quantitative estimate of drug-likeness (QED) is 0.0373. The van der Waals surface area contributed by atoms with Crippen molar-refractivity contribution in [2.45, 2.75) is 129 Å². The number of likely N-dealkylation sites (tertiary alicyclic amines) is 1. The van der Waals surface area contributed by atoms with Crippen LogP contribution in [-0.4, -0.2) is 86.1 Å². The van der Waals surface area contributed by atoms with E-state index < -0.39 is 14.1 Å². The van der Waals surface area contributed by atoms with Gasteiger partial charge in [0, 0.05) is 31.6 Å². The first kappa shape index (κ1) is 52.2. The van der Waals surface area contributed by atoms with Crippen LogP contribution >= 0.6 is 8.53 Å². The van der Waals surface area contributed by atoms with Crippen molar-refractivity contribution in [1.82, 2.24) is 14.9 Å². The Hall–Kier alpha value is -4.82. The molecule has 12 heteroatoms. The highest BCUT2D eigenvalue weighted by atomic mass is 31.2. The summed E-state index contributed by atoms with van der Waals surface area (Å²) in [5.74, 6) is 1.84. The molecule has 4 aromatic carbocycles. The molecule has 1 saturated heterocycles. The van der Waals surface area contributed by atoms with E-state index in [4.69, 9.17) is 23.3 Å². The summed E-state index contributed by atoms with van der Waals surface area (Å²) in [6.45, 7) is 16.2. The van der Waals surface area contributed by atoms with Crippen molar-refractivity contribution >= 4 is 20.3 Å². The third-order valence-corrected chi connectivity index (χ3v) is 14.3. The average Bonchev–Trinajstić information content (AvgIpc) is 3.73. The maximum atomic E-state index is 14.4. The van der Waals surface area contributed by atoms with E-state index in [2.05, 4.69) is 94.0 Å². The van der Waals surface area contributed by atoms with Crippen LogP contribution in [0.25, 0.3) is 0 Å². The van der Waals surface area contributed by atoms with E-state index in [1.807, 2.05) is 78.6 Å². The second-order valence-electron chi connectivity index (χ2n) is 18.2. The van der Waals surface area contributed by atoms with Crippen molar-refractivity contribution in [3.05, 3.63) is 131 Å². The summed E-state index contributed by atoms with van der Waals surface area (Å²) >= 11 is 0. The Kier molecular flexibility index (Phi) is 20.5. The highest BCUT2D eigenvalue weighted by Gasteiger charge is 2.43. The highest BCUT2D eigenvalue weighted by Crippen LogP contribution is 2.49. The first-order valence-electron chi connectivity index (χ1n) is 23.7. The van der Waals surface area contributed by atoms with E-state index in [0.717, 1.165) is 53.0 Å². The third kappa shape index (κ3) is 14.1. The molecule has 1 aliphatic heterocycles. The summed E-state index contributed by atoms with van der Waals surface area (Å²) in [7, 11) is 1.77. The zero-order valence-corrected chi connectivity index (χ0v) is 41.6. The minimum Gasteiger partial charge on any atom is -0.497 e. The van der Waals surface area contributed by atoms with Crippen LogP contribution in [0.1, 0.15) is 121 Å². The Morgan fingerprint density at radius 2 is 1.39 bits per heavy atom. The van der Waals surface area contributed by atoms with Crippen molar-refractivity contribution in [3.8, 4) is 17.6 Å². The van der Waals surface area contributed by atoms with Gasteiger partial charge in [-0.05, 0) is 118 Å². The maximum Gasteiger partial charge on any atom is 0.259 e. The van der Waals surface area contributed by atoms with Gasteiger partial charge < -0.3 is 33.5 Å². The van der Waals surface area contributed by atoms with Crippen LogP contribution in [0, 0.1) is 17.2 Å². The van der Waals surface area contributed by atoms with Crippen LogP contribution < -0.4 is 14.8 Å². The summed E-state index contributed by atoms with van der Waals surface area (Å²) in [5.41, 5.74) is 3.97. The molecule has 1 heterocycles. The number of nitriles is 1. The molecule has 0 spiro atoms. The van der Waals surface area contributed by atoms with Gasteiger partial charge in [-0.15, -0.1) is 0 Å². The molecule has 0 radical (unpaired) electrons. The molecule has 5 rings (SSSR count). The van der Waals surface area contributed by atoms with E-state index in [-0.39, 0.29) is 61.6 Å². The fourth-order valence-electron chi connectivity index (χ4n) is 8.78. The number of carbonyl (C=O) groups is 2. The topological polar surface area (TPSA) is 123 Å². The third-order valence-electron chi connectivity index (χ3n) is 12.1. The van der Waals surface area contributed by atoms with E-state index in [1.54, 1.807) is 14.2 Å². The first-order valence-corrected chi connectivity index (χ1v) is 24.8. The van der Waals surface area contributed by atoms with Gasteiger partial charge in [0.1, 0.15) is 17.1 Å². The summed E-state index contributed by atoms with van der Waals surface area (Å²) < 4.78 is 33.9. The predicted molar refractivity (Wildman–Crippen MR) is 263 cm³/mol. The van der Waals surface area contributed by atoms with E-state index >= 15 is 0 Å². The zero-order valence-electron chi connectivity index (χ0n) is 40.7. The molecule has 4 atom stereocenters. The minimum atomic E-state index is -1.54. The van der Waals surface area contributed by atoms with Crippen LogP contribution in [0.2, 0.25) is 0 Å². The number of methoxy groups -OCH3 is 2. The van der Waals surface area contributed by atoms with Gasteiger partial charge in [0.25, 0.3) is 8.53 Å². The van der Waals surface area contributed by atoms with Gasteiger partial charge in [-0.2, -0.15) is 5.26 Å². The lowest BCUT2D eigenvalue weighted by atomic mass is 9.80. The fourth-order valence-corrected chi connectivity index (χ4v) is 10.5. The number of hydrogen-bond acceptors (Lipinski definition) is 9. The SMILES string of the molecule is COc1ccc(C(OC[C@@H]2C[C@@H](OP(OCCC#N)N(C(C)C)C(C)C)CN2C(=O)CCCCCNC(=O)[C@@H](C)c2ccc(CC(C)C)cc2)(c2ccccc2)c2ccc(OC)cc2)cc1. The highest BCUT2D eigenvalue weighted by molar-refractivity contribution is 7.44. The average molecular weight is 921 g/mol. The van der Waals surface area contributed by atoms with Gasteiger partial charge in [0.05, 0.1) is 58.0 Å². The van der Waals surface area contributed by atoms with Gasteiger partial charge in [-0.25, -0.2) is 4.67 Å². The van der Waals surface area contributed by atoms with Crippen LogP contribution in [0.4, 0.5) is 0 Å². The van der Waals surface area contributed by atoms with Crippen molar-refractivity contribution in [1.29, 1.82) is 5.26 Å². The van der Waals surface area contributed by atoms with Gasteiger partial charge >= 0.3 is 0 Å². The van der Waals surface area contributed by atoms with Crippen molar-refractivity contribution in [3.63, 3.8) is 0 Å². The Balaban J connectivity index is 1.35. The van der Waals surface area contributed by atoms with Crippen molar-refractivity contribution < 1.29 is 32.8 Å². The lowest BCUT2D eigenvalue weighted by molar-refractivity contribution is -0.134. The Morgan fingerprint density at radius 1 is 0.803 bits per heavy atom. The monoisotopic (exact) mass is 921 g/mol. The van der Waals surface area contributed by atoms with Crippen LogP contribution in [-0.2, 0) is 35.4 Å². The molecule has 0 aromatic heterocycles. The van der Waals surface area contributed by atoms with Crippen LogP contribution in [0.3, 0.4) is 0 Å². The molecule has 0 bridgehead atoms. The molecular formula is C54H73N4O7P. The molecule has 11 nitrogen and oxygen atoms in total. The lowest BCUT2D eigenvalue weighted by Crippen LogP contribution is -2.42. The molecule has 356 valence electrons. The molecular weight excluding hydrogens is 848 g/mol. The number of amides is 2. The normalized spacial score (nSPS) is 16.2. The summed E-state index contributed by atoms with van der Waals surface area (Å²) in [6.07, 6.45) is 4.08. The molecule has 1 aliphatic rings. The second-order valence-corrected chi connectivity index (χ2v) is 19.6. The van der Waals surface area contributed by atoms with Crippen LogP contribution in [0.15, 0.2) is 103 Å². The van der Waals surface area contributed by atoms with Crippen molar-refractivity contribution in [2.75, 3.05) is 40.5 Å². The first-order chi connectivity index (χ1) is 31.8. The number of ether oxygens (including phenoxy) is 3. The Labute approximate surface area is 396 Å². The van der Waals surface area contributed by atoms with Crippen molar-refractivity contribution in [2.24, 2.45) is 5.92 Å².